The number of likely N-dealkylation sites (tertiary alicyclic amines) is 1. The Kier molecular flexibility index (Phi) is 26.1. The number of hydrogen-bond donors (Lipinski definition) is 15. The number of anilines is 1. The van der Waals surface area contributed by atoms with Crippen molar-refractivity contribution in [3.63, 3.8) is 0 Å². The van der Waals surface area contributed by atoms with E-state index in [0.717, 1.165) is 21.6 Å². The number of carbonyl (C=O) groups is 14. The van der Waals surface area contributed by atoms with Crippen molar-refractivity contribution in [3.8, 4) is 0 Å². The molecule has 1 aromatic heterocycles. The second kappa shape index (κ2) is 33.6. The van der Waals surface area contributed by atoms with Gasteiger partial charge in [-0.1, -0.05) is 71.4 Å². The minimum atomic E-state index is -1.84. The normalized spacial score (nSPS) is 24.5. The molecule has 15 N–H and O–H groups in total. The lowest BCUT2D eigenvalue weighted by Gasteiger charge is -2.33. The van der Waals surface area contributed by atoms with Crippen LogP contribution >= 0.6 is 23.5 Å². The van der Waals surface area contributed by atoms with E-state index in [-0.39, 0.29) is 67.0 Å². The summed E-state index contributed by atoms with van der Waals surface area (Å²) in [4.78, 5) is 199. The highest BCUT2D eigenvalue weighted by Gasteiger charge is 2.46. The first-order valence-corrected chi connectivity index (χ1v) is 33.6. The molecule has 95 heavy (non-hydrogen) atoms. The third kappa shape index (κ3) is 19.3. The van der Waals surface area contributed by atoms with Gasteiger partial charge in [-0.25, -0.2) is 0 Å². The number of para-hydroxylation sites is 1. The Morgan fingerprint density at radius 3 is 2.09 bits per heavy atom. The van der Waals surface area contributed by atoms with Gasteiger partial charge >= 0.3 is 0 Å². The Balaban J connectivity index is 0. The molecule has 13 atom stereocenters. The first-order valence-electron chi connectivity index (χ1n) is 31.3. The highest BCUT2D eigenvalue weighted by Crippen LogP contribution is 2.32. The zero-order valence-electron chi connectivity index (χ0n) is 53.7. The van der Waals surface area contributed by atoms with Crippen molar-refractivity contribution < 1.29 is 93.9 Å². The minimum absolute atomic E-state index is 0. The van der Waals surface area contributed by atoms with Gasteiger partial charge in [-0.15, -0.1) is 11.8 Å². The van der Waals surface area contributed by atoms with E-state index >= 15 is 4.79 Å². The molecule has 33 heteroatoms. The summed E-state index contributed by atoms with van der Waals surface area (Å²) in [6.45, 7) is 6.41. The van der Waals surface area contributed by atoms with E-state index in [9.17, 15) is 77.6 Å². The summed E-state index contributed by atoms with van der Waals surface area (Å²) in [5.74, 6) is -13.6. The van der Waals surface area contributed by atoms with Crippen LogP contribution in [0.25, 0.3) is 10.9 Å². The number of hydrogen-bond acceptors (Lipinski definition) is 19. The van der Waals surface area contributed by atoms with Crippen LogP contribution in [0.5, 0.6) is 0 Å². The number of aliphatic hydroxyl groups is 3. The van der Waals surface area contributed by atoms with Gasteiger partial charge in [-0.3, -0.25) is 72.0 Å². The fourth-order valence-electron chi connectivity index (χ4n) is 11.2. The van der Waals surface area contributed by atoms with Crippen molar-refractivity contribution in [2.45, 2.75) is 157 Å². The summed E-state index contributed by atoms with van der Waals surface area (Å²) >= 11 is 2.23. The zero-order valence-corrected chi connectivity index (χ0v) is 55.3. The van der Waals surface area contributed by atoms with Crippen LogP contribution in [0.1, 0.15) is 96.2 Å². The van der Waals surface area contributed by atoms with Crippen LogP contribution in [-0.4, -0.2) is 223 Å². The Labute approximate surface area is 567 Å². The highest BCUT2D eigenvalue weighted by molar-refractivity contribution is 8.00. The van der Waals surface area contributed by atoms with Crippen molar-refractivity contribution in [3.05, 3.63) is 59.7 Å². The van der Waals surface area contributed by atoms with Crippen LogP contribution in [0, 0.1) is 17.8 Å². The maximum absolute atomic E-state index is 15.0. The van der Waals surface area contributed by atoms with Gasteiger partial charge in [0.25, 0.3) is 0 Å². The summed E-state index contributed by atoms with van der Waals surface area (Å²) in [5.41, 5.74) is 1.69. The van der Waals surface area contributed by atoms with Crippen molar-refractivity contribution in [2.24, 2.45) is 17.8 Å². The molecule has 2 bridgehead atoms. The predicted octanol–water partition coefficient (Wildman–Crippen LogP) is -1.38. The quantitative estimate of drug-likeness (QED) is 0.0615. The molecule has 2 aromatic carbocycles. The number of aliphatic hydroxyl groups excluding tert-OH is 3. The molecule has 0 spiro atoms. The van der Waals surface area contributed by atoms with E-state index in [4.69, 9.17) is 0 Å². The summed E-state index contributed by atoms with van der Waals surface area (Å²) in [6.07, 6.45) is -2.70. The maximum Gasteiger partial charge on any atom is 0.246 e. The Hall–Kier alpha value is -8.66. The molecule has 3 unspecified atom stereocenters. The summed E-state index contributed by atoms with van der Waals surface area (Å²) in [5, 5.41) is 61.1. The molecule has 14 amide bonds. The van der Waals surface area contributed by atoms with Gasteiger partial charge < -0.3 is 83.7 Å². The number of rotatable bonds is 19. The van der Waals surface area contributed by atoms with Crippen LogP contribution in [0.2, 0.25) is 0 Å². The van der Waals surface area contributed by atoms with Gasteiger partial charge in [0.2, 0.25) is 82.7 Å². The second-order valence-corrected chi connectivity index (χ2v) is 26.4. The summed E-state index contributed by atoms with van der Waals surface area (Å²) in [7, 11) is 0. The van der Waals surface area contributed by atoms with Gasteiger partial charge in [0.05, 0.1) is 48.6 Å². The number of thioether (sulfide) groups is 2. The first-order chi connectivity index (χ1) is 45.1. The van der Waals surface area contributed by atoms with E-state index in [1.807, 2.05) is 0 Å². The zero-order chi connectivity index (χ0) is 69.5. The Bertz CT molecular complexity index is 3450. The third-order valence-electron chi connectivity index (χ3n) is 17.1. The van der Waals surface area contributed by atoms with Crippen LogP contribution in [-0.2, 0) is 80.1 Å². The number of benzene rings is 2. The Morgan fingerprint density at radius 1 is 0.747 bits per heavy atom. The van der Waals surface area contributed by atoms with Gasteiger partial charge in [0.15, 0.2) is 0 Å². The molecule has 4 aliphatic heterocycles. The average molecular weight is 1380 g/mol. The standard InChI is InChI=1S/C62H84N14O17S2.8H2/c1-8-30(4)51-57(89)65-24-47(82)68-41-28-95-60-37(36-11-9-10-12-38(36)71-60)20-39(54(86)64-25-48(83)73-51)69-59(91)52(31(5)43(79)27-77)74-56(88)42-19-35(78)26-76(42)61(92)40(70-55(41)87)21-46(81)63-23-33-13-15-34(16-14-33)67-53(85)32(6)66-58(90)50(29(2)3)72-45(80)17-18-75-49(84)22-44(94-7)62(75)93;;;;;;;;/h9-16,29-32,35,39-44,50-52,71,77-79H,8,17-28H2,1-7H3,(H,63,81)(H,64,86)(H,65,89)(H,66,90)(H,67,85)(H,68,82)(H,69,91)(H,70,87)(H,72,80)(H,73,83)(H,74,88);8*1H/t30-,31-,32-,35+,39?,40-,41-,42-,43-,44?,50?,51-,52-;;;;;;;;/m0......../s1. The third-order valence-corrected chi connectivity index (χ3v) is 19.1. The first kappa shape index (κ1) is 73.7. The molecule has 5 heterocycles. The summed E-state index contributed by atoms with van der Waals surface area (Å²) < 4.78 is 0. The molecule has 2 saturated heterocycles. The predicted molar refractivity (Wildman–Crippen MR) is 362 cm³/mol. The summed E-state index contributed by atoms with van der Waals surface area (Å²) in [6, 6.07) is 1.22. The smallest absolute Gasteiger partial charge is 0.246 e. The molecule has 7 rings (SSSR count). The topological polar surface area (TPSA) is 454 Å². The van der Waals surface area contributed by atoms with Crippen molar-refractivity contribution in [2.75, 3.05) is 50.1 Å². The van der Waals surface area contributed by atoms with Crippen molar-refractivity contribution >= 4 is 123 Å². The van der Waals surface area contributed by atoms with Crippen LogP contribution in [0.4, 0.5) is 5.69 Å². The number of imide groups is 1. The minimum Gasteiger partial charge on any atom is -0.394 e. The van der Waals surface area contributed by atoms with E-state index in [1.165, 1.54) is 37.7 Å². The molecule has 0 aliphatic carbocycles. The molecule has 4 aliphatic rings. The molecule has 2 fully saturated rings. The number of H-pyrrole nitrogens is 1. The second-order valence-electron chi connectivity index (χ2n) is 24.3. The molecule has 532 valence electrons. The monoisotopic (exact) mass is 1380 g/mol. The van der Waals surface area contributed by atoms with Crippen LogP contribution in [0.15, 0.2) is 53.6 Å². The number of aromatic nitrogens is 1. The van der Waals surface area contributed by atoms with Gasteiger partial charge in [0, 0.05) is 85.0 Å². The van der Waals surface area contributed by atoms with Gasteiger partial charge in [-0.05, 0) is 54.3 Å². The number of nitrogens with one attached hydrogen (secondary N) is 12. The molecular weight excluding hydrogens is 1280 g/mol. The lowest BCUT2D eigenvalue weighted by Crippen LogP contribution is -2.62. The average Bonchev–Trinajstić information content (AvgIpc) is 1.67. The van der Waals surface area contributed by atoms with Crippen molar-refractivity contribution in [1.82, 2.24) is 68.0 Å². The molecular formula is C62H100N14O17S2. The van der Waals surface area contributed by atoms with Gasteiger partial charge in [-0.2, -0.15) is 11.8 Å². The van der Waals surface area contributed by atoms with E-state index in [1.54, 1.807) is 70.3 Å². The lowest BCUT2D eigenvalue weighted by molar-refractivity contribution is -0.144. The SMILES string of the molecule is CC[C@H](C)[C@@H]1NC(=O)CNC(=O)C2Cc3c([nH]c4ccccc34)SC[C@H](NC(=O)CNC1=O)C(=O)N[C@@H](CC(=O)NCc1ccc(NC(=O)[C@H](C)NC(=O)C(NC(=O)CCN3C(=O)CC(SC)C3=O)C(C)C)cc1)C(=O)N1C[C@H](O)C[C@H]1C(=O)N[C@@H]([C@@H](C)[C@@H](O)CO)C(=O)N2.[HH].[HH].[HH].[HH].[HH].[HH].[HH].[HH]. The van der Waals surface area contributed by atoms with Crippen molar-refractivity contribution in [1.29, 1.82) is 0 Å². The van der Waals surface area contributed by atoms with E-state index in [0.29, 0.717) is 33.5 Å². The fraction of sp³-hybridized carbons (Fsp3) is 0.548. The number of carbonyl (C=O) groups excluding carboxylic acids is 14. The lowest BCUT2D eigenvalue weighted by atomic mass is 9.93. The highest BCUT2D eigenvalue weighted by atomic mass is 32.2. The molecule has 0 saturated carbocycles. The number of aromatic amines is 1. The van der Waals surface area contributed by atoms with Gasteiger partial charge in [0.1, 0.15) is 48.3 Å². The number of amides is 14. The van der Waals surface area contributed by atoms with E-state index < -0.39 is 194 Å². The molecule has 31 nitrogen and oxygen atoms in total. The van der Waals surface area contributed by atoms with E-state index in [2.05, 4.69) is 63.5 Å². The van der Waals surface area contributed by atoms with Crippen LogP contribution in [0.3, 0.4) is 0 Å². The number of fused-ring (bicyclic) bond motifs is 5. The maximum atomic E-state index is 15.0. The van der Waals surface area contributed by atoms with Crippen LogP contribution < -0.4 is 58.5 Å². The molecule has 3 aromatic rings. The largest absolute Gasteiger partial charge is 0.394 e. The molecule has 0 radical (unpaired) electrons. The Morgan fingerprint density at radius 2 is 1.43 bits per heavy atom. The number of nitrogens with zero attached hydrogens (tertiary/aromatic N) is 2. The fourth-order valence-corrected chi connectivity index (χ4v) is 12.9.